The van der Waals surface area contributed by atoms with Crippen molar-refractivity contribution >= 4 is 28.3 Å². The fourth-order valence-electron chi connectivity index (χ4n) is 2.99. The first-order valence-electron chi connectivity index (χ1n) is 8.69. The molecule has 0 aliphatic carbocycles. The van der Waals surface area contributed by atoms with Gasteiger partial charge in [0.2, 0.25) is 0 Å². The number of benzene rings is 1. The van der Waals surface area contributed by atoms with Crippen LogP contribution in [-0.2, 0) is 5.75 Å². The molecule has 0 unspecified atom stereocenters. The third kappa shape index (κ3) is 3.05. The highest BCUT2D eigenvalue weighted by Gasteiger charge is 2.12. The Bertz CT molecular complexity index is 1350. The van der Waals surface area contributed by atoms with Crippen LogP contribution < -0.4 is 5.56 Å². The highest BCUT2D eigenvalue weighted by molar-refractivity contribution is 7.98. The third-order valence-electron chi connectivity index (χ3n) is 4.29. The van der Waals surface area contributed by atoms with E-state index >= 15 is 0 Å². The first-order chi connectivity index (χ1) is 13.8. The molecule has 4 heterocycles. The van der Waals surface area contributed by atoms with Crippen LogP contribution in [0, 0.1) is 0 Å². The number of fused-ring (bicyclic) bond motifs is 2. The summed E-state index contributed by atoms with van der Waals surface area (Å²) in [5, 5.41) is 1.78. The second-order valence-electron chi connectivity index (χ2n) is 6.15. The van der Waals surface area contributed by atoms with E-state index in [4.69, 9.17) is 9.40 Å². The van der Waals surface area contributed by atoms with Gasteiger partial charge in [-0.15, -0.1) is 0 Å². The van der Waals surface area contributed by atoms with Crippen LogP contribution in [0.5, 0.6) is 0 Å². The number of nitrogens with zero attached hydrogens (tertiary/aromatic N) is 4. The molecule has 4 aromatic heterocycles. The Hall–Kier alpha value is -3.45. The fraction of sp³-hybridized carbons (Fsp3) is 0.0476. The monoisotopic (exact) mass is 386 g/mol. The minimum atomic E-state index is -0.0926. The van der Waals surface area contributed by atoms with Gasteiger partial charge in [-0.2, -0.15) is 0 Å². The summed E-state index contributed by atoms with van der Waals surface area (Å²) in [7, 11) is 0. The van der Waals surface area contributed by atoms with Crippen molar-refractivity contribution in [3.05, 3.63) is 89.2 Å². The molecule has 0 spiro atoms. The molecule has 0 aliphatic rings. The highest BCUT2D eigenvalue weighted by Crippen LogP contribution is 2.30. The third-order valence-corrected chi connectivity index (χ3v) is 5.32. The Labute approximate surface area is 163 Å². The molecule has 6 nitrogen and oxygen atoms in total. The SMILES string of the molecule is O=c1cc(CSc2nc(-c3ccco3)nc3ccccc23)nc2ccccn12. The number of rotatable bonds is 4. The lowest BCUT2D eigenvalue weighted by Crippen LogP contribution is -2.14. The molecule has 5 rings (SSSR count). The second-order valence-corrected chi connectivity index (χ2v) is 7.11. The predicted molar refractivity (Wildman–Crippen MR) is 108 cm³/mol. The average molecular weight is 386 g/mol. The van der Waals surface area contributed by atoms with Crippen molar-refractivity contribution in [1.29, 1.82) is 0 Å². The molecular weight excluding hydrogens is 372 g/mol. The topological polar surface area (TPSA) is 73.3 Å². The molecule has 0 atom stereocenters. The maximum absolute atomic E-state index is 12.3. The van der Waals surface area contributed by atoms with Crippen LogP contribution in [0.1, 0.15) is 5.69 Å². The van der Waals surface area contributed by atoms with Gasteiger partial charge in [0, 0.05) is 23.4 Å². The summed E-state index contributed by atoms with van der Waals surface area (Å²) in [6.45, 7) is 0. The van der Waals surface area contributed by atoms with Gasteiger partial charge in [0.05, 0.1) is 17.5 Å². The van der Waals surface area contributed by atoms with Gasteiger partial charge in [-0.25, -0.2) is 15.0 Å². The van der Waals surface area contributed by atoms with Gasteiger partial charge < -0.3 is 4.42 Å². The van der Waals surface area contributed by atoms with E-state index in [9.17, 15) is 4.79 Å². The lowest BCUT2D eigenvalue weighted by Gasteiger charge is -2.08. The molecule has 0 saturated heterocycles. The molecule has 1 aromatic carbocycles. The van der Waals surface area contributed by atoms with E-state index in [1.165, 1.54) is 16.2 Å². The number of aromatic nitrogens is 4. The molecular formula is C21H14N4O2S. The van der Waals surface area contributed by atoms with Gasteiger partial charge in [0.15, 0.2) is 11.6 Å². The zero-order chi connectivity index (χ0) is 18.9. The van der Waals surface area contributed by atoms with Crippen molar-refractivity contribution in [2.24, 2.45) is 0 Å². The molecule has 28 heavy (non-hydrogen) atoms. The number of thioether (sulfide) groups is 1. The van der Waals surface area contributed by atoms with Gasteiger partial charge in [-0.3, -0.25) is 9.20 Å². The van der Waals surface area contributed by atoms with Gasteiger partial charge in [0.25, 0.3) is 5.56 Å². The van der Waals surface area contributed by atoms with Crippen LogP contribution in [-0.4, -0.2) is 19.4 Å². The average Bonchev–Trinajstić information content (AvgIpc) is 3.27. The fourth-order valence-corrected chi connectivity index (χ4v) is 3.90. The summed E-state index contributed by atoms with van der Waals surface area (Å²) in [4.78, 5) is 26.2. The van der Waals surface area contributed by atoms with E-state index in [-0.39, 0.29) is 5.56 Å². The first kappa shape index (κ1) is 16.7. The highest BCUT2D eigenvalue weighted by atomic mass is 32.2. The molecule has 0 saturated carbocycles. The first-order valence-corrected chi connectivity index (χ1v) is 9.67. The molecule has 0 N–H and O–H groups in total. The van der Waals surface area contributed by atoms with Crippen molar-refractivity contribution in [1.82, 2.24) is 19.4 Å². The van der Waals surface area contributed by atoms with Crippen LogP contribution in [0.3, 0.4) is 0 Å². The Morgan fingerprint density at radius 3 is 2.75 bits per heavy atom. The minimum Gasteiger partial charge on any atom is -0.461 e. The summed E-state index contributed by atoms with van der Waals surface area (Å²) in [5.41, 5.74) is 2.10. The minimum absolute atomic E-state index is 0.0926. The van der Waals surface area contributed by atoms with Crippen LogP contribution in [0.4, 0.5) is 0 Å². The van der Waals surface area contributed by atoms with Gasteiger partial charge in [0.1, 0.15) is 10.7 Å². The zero-order valence-electron chi connectivity index (χ0n) is 14.6. The summed E-state index contributed by atoms with van der Waals surface area (Å²) >= 11 is 1.53. The van der Waals surface area contributed by atoms with Crippen LogP contribution in [0.15, 0.2) is 87.4 Å². The number of hydrogen-bond donors (Lipinski definition) is 0. The molecule has 0 bridgehead atoms. The van der Waals surface area contributed by atoms with Gasteiger partial charge in [-0.05, 0) is 30.3 Å². The smallest absolute Gasteiger partial charge is 0.258 e. The van der Waals surface area contributed by atoms with E-state index in [0.717, 1.165) is 15.9 Å². The number of furan rings is 1. The van der Waals surface area contributed by atoms with Gasteiger partial charge in [-0.1, -0.05) is 36.0 Å². The molecule has 0 amide bonds. The number of hydrogen-bond acceptors (Lipinski definition) is 6. The Morgan fingerprint density at radius 2 is 1.86 bits per heavy atom. The van der Waals surface area contributed by atoms with Crippen LogP contribution in [0.2, 0.25) is 0 Å². The predicted octanol–water partition coefficient (Wildman–Crippen LogP) is 4.19. The van der Waals surface area contributed by atoms with E-state index in [1.54, 1.807) is 18.5 Å². The Morgan fingerprint density at radius 1 is 0.964 bits per heavy atom. The maximum Gasteiger partial charge on any atom is 0.258 e. The van der Waals surface area contributed by atoms with E-state index < -0.39 is 0 Å². The van der Waals surface area contributed by atoms with Crippen molar-refractivity contribution in [3.63, 3.8) is 0 Å². The summed E-state index contributed by atoms with van der Waals surface area (Å²) in [5.74, 6) is 1.69. The summed E-state index contributed by atoms with van der Waals surface area (Å²) in [6.07, 6.45) is 3.32. The summed E-state index contributed by atoms with van der Waals surface area (Å²) < 4.78 is 6.99. The Kier molecular flexibility index (Phi) is 4.14. The van der Waals surface area contributed by atoms with Gasteiger partial charge >= 0.3 is 0 Å². The largest absolute Gasteiger partial charge is 0.461 e. The van der Waals surface area contributed by atoms with Crippen molar-refractivity contribution in [2.45, 2.75) is 10.8 Å². The molecule has 5 aromatic rings. The molecule has 136 valence electrons. The second kappa shape index (κ2) is 6.94. The Balaban J connectivity index is 1.54. The van der Waals surface area contributed by atoms with E-state index in [2.05, 4.69) is 9.97 Å². The summed E-state index contributed by atoms with van der Waals surface area (Å²) in [6, 6.07) is 18.6. The lowest BCUT2D eigenvalue weighted by molar-refractivity contribution is 0.577. The van der Waals surface area contributed by atoms with Crippen LogP contribution >= 0.6 is 11.8 Å². The van der Waals surface area contributed by atoms with E-state index in [0.29, 0.717) is 28.7 Å². The van der Waals surface area contributed by atoms with Crippen LogP contribution in [0.25, 0.3) is 28.1 Å². The van der Waals surface area contributed by atoms with E-state index in [1.807, 2.05) is 54.6 Å². The lowest BCUT2D eigenvalue weighted by atomic mass is 10.2. The van der Waals surface area contributed by atoms with Crippen molar-refractivity contribution in [2.75, 3.05) is 0 Å². The molecule has 7 heteroatoms. The molecule has 0 fully saturated rings. The molecule has 0 aliphatic heterocycles. The normalized spacial score (nSPS) is 11.3. The maximum atomic E-state index is 12.3. The van der Waals surface area contributed by atoms with Crippen molar-refractivity contribution in [3.8, 4) is 11.6 Å². The standard InChI is InChI=1S/C21H14N4O2S/c26-19-12-14(22-18-9-3-4-10-25(18)19)13-28-21-15-6-1-2-7-16(15)23-20(24-21)17-8-5-11-27-17/h1-12H,13H2. The number of para-hydroxylation sites is 1. The molecule has 0 radical (unpaired) electrons. The van der Waals surface area contributed by atoms with Crippen molar-refractivity contribution < 1.29 is 4.42 Å². The zero-order valence-corrected chi connectivity index (χ0v) is 15.5. The number of pyridine rings is 1. The quantitative estimate of drug-likeness (QED) is 0.341.